The molecular weight excluding hydrogens is 641 g/mol. The molecule has 49 heavy (non-hydrogen) atoms. The molecule has 1 saturated heterocycles. The van der Waals surface area contributed by atoms with Crippen molar-refractivity contribution in [3.8, 4) is 34.3 Å². The molecule has 270 valence electrons. The second-order valence-electron chi connectivity index (χ2n) is 15.6. The lowest BCUT2D eigenvalue weighted by atomic mass is 10.0. The summed E-state index contributed by atoms with van der Waals surface area (Å²) in [6.07, 6.45) is 1.13. The predicted octanol–water partition coefficient (Wildman–Crippen LogP) is 8.17. The fourth-order valence-corrected chi connectivity index (χ4v) is 6.62. The molecule has 4 rings (SSSR count). The van der Waals surface area contributed by atoms with Crippen molar-refractivity contribution in [1.29, 1.82) is 0 Å². The lowest BCUT2D eigenvalue weighted by Gasteiger charge is -2.40. The molecule has 0 radical (unpaired) electrons. The fraction of sp³-hybridized carbons (Fsp3) is 0.622. The van der Waals surface area contributed by atoms with E-state index in [4.69, 9.17) is 37.9 Å². The Morgan fingerprint density at radius 2 is 1.73 bits per heavy atom. The zero-order valence-electron chi connectivity index (χ0n) is 31.6. The molecular formula is C37H56N4O7Si. The maximum absolute atomic E-state index is 12.9. The van der Waals surface area contributed by atoms with Gasteiger partial charge < -0.3 is 32.8 Å². The lowest BCUT2D eigenvalue weighted by Crippen LogP contribution is -2.49. The molecule has 3 heterocycles. The number of carbonyl (C=O) groups is 1. The van der Waals surface area contributed by atoms with E-state index >= 15 is 0 Å². The van der Waals surface area contributed by atoms with Crippen LogP contribution in [0.15, 0.2) is 28.8 Å². The van der Waals surface area contributed by atoms with Crippen LogP contribution in [0.2, 0.25) is 18.1 Å². The molecule has 1 fully saturated rings. The zero-order chi connectivity index (χ0) is 36.1. The molecule has 3 aromatic rings. The van der Waals surface area contributed by atoms with Crippen molar-refractivity contribution >= 4 is 14.4 Å². The van der Waals surface area contributed by atoms with Crippen molar-refractivity contribution in [3.63, 3.8) is 0 Å². The number of aromatic nitrogens is 3. The molecule has 0 saturated carbocycles. The number of amides is 1. The van der Waals surface area contributed by atoms with Gasteiger partial charge in [0.1, 0.15) is 23.7 Å². The molecule has 1 amide bonds. The molecule has 1 unspecified atom stereocenters. The largest absolute Gasteiger partial charge is 0.491 e. The molecule has 0 N–H and O–H groups in total. The molecule has 2 aromatic heterocycles. The first-order valence-electron chi connectivity index (χ1n) is 17.2. The summed E-state index contributed by atoms with van der Waals surface area (Å²) >= 11 is 0. The Hall–Kier alpha value is -3.48. The van der Waals surface area contributed by atoms with Gasteiger partial charge in [0.15, 0.2) is 14.1 Å². The van der Waals surface area contributed by atoms with Crippen LogP contribution in [-0.4, -0.2) is 86.2 Å². The Bertz CT molecular complexity index is 1550. The summed E-state index contributed by atoms with van der Waals surface area (Å²) in [7, 11) is -0.479. The van der Waals surface area contributed by atoms with Crippen LogP contribution in [0.5, 0.6) is 11.6 Å². The SMILES string of the molecule is Cc1noc(C)c1-c1nc(-c2cccc(OCC(CN(C)C(=O)OC(C)(C)C)O[Si](C)(C)C(C)(C)C)c2)nc(OCC2CCOCC2)c1C. The molecule has 0 bridgehead atoms. The van der Waals surface area contributed by atoms with Crippen LogP contribution in [0.3, 0.4) is 0 Å². The van der Waals surface area contributed by atoms with Crippen LogP contribution < -0.4 is 9.47 Å². The molecule has 1 aromatic carbocycles. The number of carbonyl (C=O) groups excluding carboxylic acids is 1. The van der Waals surface area contributed by atoms with Crippen LogP contribution in [-0.2, 0) is 13.9 Å². The predicted molar refractivity (Wildman–Crippen MR) is 193 cm³/mol. The van der Waals surface area contributed by atoms with E-state index in [-0.39, 0.29) is 17.7 Å². The van der Waals surface area contributed by atoms with Crippen LogP contribution in [0.25, 0.3) is 22.6 Å². The lowest BCUT2D eigenvalue weighted by molar-refractivity contribution is 0.0172. The summed E-state index contributed by atoms with van der Waals surface area (Å²) in [6.45, 7) is 24.9. The topological polar surface area (TPSA) is 118 Å². The van der Waals surface area contributed by atoms with Crippen LogP contribution >= 0.6 is 0 Å². The first-order chi connectivity index (χ1) is 22.8. The van der Waals surface area contributed by atoms with Gasteiger partial charge in [-0.2, -0.15) is 4.98 Å². The Kier molecular flexibility index (Phi) is 12.2. The van der Waals surface area contributed by atoms with Crippen LogP contribution in [0.1, 0.15) is 71.4 Å². The maximum Gasteiger partial charge on any atom is 0.410 e. The number of hydrogen-bond donors (Lipinski definition) is 0. The second kappa shape index (κ2) is 15.6. The molecule has 1 aliphatic heterocycles. The van der Waals surface area contributed by atoms with E-state index in [0.717, 1.165) is 54.1 Å². The number of rotatable bonds is 12. The maximum atomic E-state index is 12.9. The number of benzene rings is 1. The van der Waals surface area contributed by atoms with E-state index in [2.05, 4.69) is 39.0 Å². The normalized spacial score (nSPS) is 15.2. The first-order valence-corrected chi connectivity index (χ1v) is 20.1. The molecule has 1 aliphatic rings. The first kappa shape index (κ1) is 38.3. The van der Waals surface area contributed by atoms with Gasteiger partial charge in [0, 0.05) is 31.4 Å². The van der Waals surface area contributed by atoms with Gasteiger partial charge in [-0.25, -0.2) is 9.78 Å². The van der Waals surface area contributed by atoms with E-state index in [1.165, 1.54) is 0 Å². The molecule has 0 spiro atoms. The van der Waals surface area contributed by atoms with E-state index in [0.29, 0.717) is 42.3 Å². The minimum atomic E-state index is -2.21. The average molecular weight is 697 g/mol. The highest BCUT2D eigenvalue weighted by molar-refractivity contribution is 6.74. The highest BCUT2D eigenvalue weighted by Gasteiger charge is 2.40. The zero-order valence-corrected chi connectivity index (χ0v) is 32.6. The van der Waals surface area contributed by atoms with Crippen LogP contribution in [0.4, 0.5) is 4.79 Å². The number of ether oxygens (including phenoxy) is 4. The van der Waals surface area contributed by atoms with Crippen molar-refractivity contribution < 1.29 is 32.7 Å². The standard InChI is InChI=1S/C37H56N4O7Si/c1-24-32(31-25(2)40-47-26(31)3)38-33(39-34(24)45-22-27-16-18-43-19-17-27)28-14-13-15-29(20-28)44-23-30(48-49(11,12)37(7,8)9)21-41(10)35(42)46-36(4,5)6/h13-15,20,27,30H,16-19,21-23H2,1-12H3. The quantitative estimate of drug-likeness (QED) is 0.172. The number of hydrogen-bond acceptors (Lipinski definition) is 10. The Balaban J connectivity index is 1.61. The summed E-state index contributed by atoms with van der Waals surface area (Å²) in [6, 6.07) is 7.70. The third kappa shape index (κ3) is 10.3. The number of nitrogens with zero attached hydrogens (tertiary/aromatic N) is 4. The van der Waals surface area contributed by atoms with Gasteiger partial charge in [0.25, 0.3) is 0 Å². The van der Waals surface area contributed by atoms with Gasteiger partial charge in [0.2, 0.25) is 5.88 Å². The van der Waals surface area contributed by atoms with E-state index in [1.54, 1.807) is 11.9 Å². The summed E-state index contributed by atoms with van der Waals surface area (Å²) < 4.78 is 36.2. The minimum Gasteiger partial charge on any atom is -0.491 e. The van der Waals surface area contributed by atoms with E-state index in [1.807, 2.05) is 65.8 Å². The van der Waals surface area contributed by atoms with Gasteiger partial charge in [-0.15, -0.1) is 0 Å². The molecule has 1 atom stereocenters. The number of likely N-dealkylation sites (N-methyl/N-ethyl adjacent to an activating group) is 1. The Morgan fingerprint density at radius 1 is 1.04 bits per heavy atom. The highest BCUT2D eigenvalue weighted by atomic mass is 28.4. The smallest absolute Gasteiger partial charge is 0.410 e. The van der Waals surface area contributed by atoms with Crippen molar-refractivity contribution in [2.24, 2.45) is 5.92 Å². The summed E-state index contributed by atoms with van der Waals surface area (Å²) in [4.78, 5) is 24.3. The van der Waals surface area contributed by atoms with E-state index < -0.39 is 20.0 Å². The summed E-state index contributed by atoms with van der Waals surface area (Å²) in [5.74, 6) is 2.76. The Labute approximate surface area is 293 Å². The molecule has 12 heteroatoms. The van der Waals surface area contributed by atoms with Gasteiger partial charge in [-0.1, -0.05) is 38.1 Å². The third-order valence-electron chi connectivity index (χ3n) is 9.15. The highest BCUT2D eigenvalue weighted by Crippen LogP contribution is 2.38. The molecule has 0 aliphatic carbocycles. The van der Waals surface area contributed by atoms with Gasteiger partial charge in [0.05, 0.1) is 36.2 Å². The minimum absolute atomic E-state index is 0.0259. The van der Waals surface area contributed by atoms with Crippen molar-refractivity contribution in [1.82, 2.24) is 20.0 Å². The summed E-state index contributed by atoms with van der Waals surface area (Å²) in [5, 5.41) is 4.15. The van der Waals surface area contributed by atoms with Gasteiger partial charge in [-0.3, -0.25) is 0 Å². The van der Waals surface area contributed by atoms with E-state index in [9.17, 15) is 4.79 Å². The van der Waals surface area contributed by atoms with Gasteiger partial charge in [-0.05, 0) is 90.6 Å². The van der Waals surface area contributed by atoms with Gasteiger partial charge >= 0.3 is 6.09 Å². The fourth-order valence-electron chi connectivity index (χ4n) is 5.29. The average Bonchev–Trinajstić information content (AvgIpc) is 3.35. The van der Waals surface area contributed by atoms with Crippen molar-refractivity contribution in [2.75, 3.05) is 40.0 Å². The molecule has 11 nitrogen and oxygen atoms in total. The number of aryl methyl sites for hydroxylation is 2. The summed E-state index contributed by atoms with van der Waals surface area (Å²) in [5.41, 5.74) is 3.32. The second-order valence-corrected chi connectivity index (χ2v) is 20.3. The van der Waals surface area contributed by atoms with Crippen LogP contribution in [0, 0.1) is 26.7 Å². The third-order valence-corrected chi connectivity index (χ3v) is 13.7. The Morgan fingerprint density at radius 3 is 2.35 bits per heavy atom. The van der Waals surface area contributed by atoms with Crippen molar-refractivity contribution in [2.45, 2.75) is 105 Å². The monoisotopic (exact) mass is 696 g/mol. The van der Waals surface area contributed by atoms with Crippen molar-refractivity contribution in [3.05, 3.63) is 41.3 Å².